The van der Waals surface area contributed by atoms with Crippen LogP contribution in [-0.4, -0.2) is 42.3 Å². The van der Waals surface area contributed by atoms with Crippen LogP contribution < -0.4 is 0 Å². The van der Waals surface area contributed by atoms with Crippen molar-refractivity contribution in [2.45, 2.75) is 46.1 Å². The molecule has 0 saturated carbocycles. The van der Waals surface area contributed by atoms with Crippen LogP contribution >= 0.6 is 11.6 Å². The van der Waals surface area contributed by atoms with Gasteiger partial charge in [-0.1, -0.05) is 11.6 Å². The highest BCUT2D eigenvalue weighted by Crippen LogP contribution is 2.40. The minimum atomic E-state index is -0.553. The number of nitrogens with one attached hydrogen (secondary N) is 1. The van der Waals surface area contributed by atoms with Crippen LogP contribution in [0.5, 0.6) is 0 Å². The lowest BCUT2D eigenvalue weighted by atomic mass is 9.96. The number of benzene rings is 2. The first-order chi connectivity index (χ1) is 15.3. The van der Waals surface area contributed by atoms with Gasteiger partial charge in [-0.3, -0.25) is 4.79 Å². The number of carbonyl (C=O) groups is 1. The van der Waals surface area contributed by atoms with Gasteiger partial charge in [0, 0.05) is 11.6 Å². The number of H-pyrrole nitrogens is 1. The molecule has 32 heavy (non-hydrogen) atoms. The van der Waals surface area contributed by atoms with Crippen molar-refractivity contribution in [2.75, 3.05) is 6.54 Å². The first-order valence-corrected chi connectivity index (χ1v) is 11.1. The molecule has 1 unspecified atom stereocenters. The number of carbonyl (C=O) groups excluding carboxylic acids is 1. The molecule has 0 aliphatic carbocycles. The van der Waals surface area contributed by atoms with E-state index in [-0.39, 0.29) is 5.91 Å². The van der Waals surface area contributed by atoms with E-state index in [4.69, 9.17) is 16.6 Å². The molecule has 1 saturated heterocycles. The topological polar surface area (TPSA) is 79.7 Å². The Kier molecular flexibility index (Phi) is 4.82. The zero-order chi connectivity index (χ0) is 22.6. The number of hydrogen-bond donors (Lipinski definition) is 1. The summed E-state index contributed by atoms with van der Waals surface area (Å²) in [5.41, 5.74) is 5.57. The average Bonchev–Trinajstić information content (AvgIpc) is 3.52. The molecule has 1 fully saturated rings. The molecular formula is C24H25ClN6O. The normalized spacial score (nSPS) is 18.6. The highest BCUT2D eigenvalue weighted by Gasteiger charge is 2.44. The summed E-state index contributed by atoms with van der Waals surface area (Å²) in [6.07, 6.45) is 4.96. The van der Waals surface area contributed by atoms with Crippen LogP contribution in [0.4, 0.5) is 0 Å². The molecule has 3 heterocycles. The number of halogens is 1. The number of hydrogen-bond acceptors (Lipinski definition) is 4. The first kappa shape index (κ1) is 20.7. The van der Waals surface area contributed by atoms with Gasteiger partial charge in [0.15, 0.2) is 0 Å². The summed E-state index contributed by atoms with van der Waals surface area (Å²) in [5, 5.41) is 9.23. The van der Waals surface area contributed by atoms with Gasteiger partial charge in [-0.25, -0.2) is 4.98 Å². The number of aromatic amines is 1. The molecule has 1 atom stereocenters. The lowest BCUT2D eigenvalue weighted by Crippen LogP contribution is -2.44. The molecule has 5 rings (SSSR count). The minimum absolute atomic E-state index is 0.0457. The van der Waals surface area contributed by atoms with Gasteiger partial charge in [0.1, 0.15) is 5.82 Å². The smallest absolute Gasteiger partial charge is 0.256 e. The van der Waals surface area contributed by atoms with Gasteiger partial charge in [0.2, 0.25) is 0 Å². The molecule has 0 radical (unpaired) electrons. The quantitative estimate of drug-likeness (QED) is 0.484. The summed E-state index contributed by atoms with van der Waals surface area (Å²) in [4.78, 5) is 25.7. The van der Waals surface area contributed by atoms with Crippen LogP contribution in [0.2, 0.25) is 5.02 Å². The fourth-order valence-electron chi connectivity index (χ4n) is 4.60. The summed E-state index contributed by atoms with van der Waals surface area (Å²) in [7, 11) is 0. The Balaban J connectivity index is 1.61. The van der Waals surface area contributed by atoms with E-state index in [0.717, 1.165) is 46.4 Å². The molecule has 1 aliphatic rings. The van der Waals surface area contributed by atoms with Gasteiger partial charge in [-0.2, -0.15) is 15.0 Å². The summed E-state index contributed by atoms with van der Waals surface area (Å²) in [6, 6.07) is 7.73. The molecule has 0 bridgehead atoms. The van der Waals surface area contributed by atoms with Crippen molar-refractivity contribution >= 4 is 28.5 Å². The number of aromatic nitrogens is 5. The number of rotatable bonds is 3. The summed E-state index contributed by atoms with van der Waals surface area (Å²) >= 11 is 6.31. The molecule has 2 aromatic heterocycles. The minimum Gasteiger partial charge on any atom is -0.340 e. The second-order valence-corrected chi connectivity index (χ2v) is 9.17. The lowest BCUT2D eigenvalue weighted by Gasteiger charge is -2.34. The Morgan fingerprint density at radius 2 is 1.84 bits per heavy atom. The number of imidazole rings is 1. The zero-order valence-electron chi connectivity index (χ0n) is 18.6. The van der Waals surface area contributed by atoms with E-state index in [2.05, 4.69) is 22.1 Å². The van der Waals surface area contributed by atoms with Crippen LogP contribution in [-0.2, 0) is 5.54 Å². The highest BCUT2D eigenvalue weighted by atomic mass is 35.5. The SMILES string of the molecule is Cc1cc(C(=O)N2CCCC2(C)c2nc3c(C)c(Cl)ccc3[nH]2)c(-n2nccn2)cc1C. The molecule has 4 aromatic rings. The van der Waals surface area contributed by atoms with Crippen molar-refractivity contribution < 1.29 is 4.79 Å². The third kappa shape index (κ3) is 3.11. The molecule has 0 spiro atoms. The van der Waals surface area contributed by atoms with E-state index in [1.807, 2.05) is 49.9 Å². The lowest BCUT2D eigenvalue weighted by molar-refractivity contribution is 0.0605. The Bertz CT molecular complexity index is 1340. The zero-order valence-corrected chi connectivity index (χ0v) is 19.4. The Hall–Kier alpha value is -3.19. The van der Waals surface area contributed by atoms with Crippen LogP contribution in [0.25, 0.3) is 16.7 Å². The van der Waals surface area contributed by atoms with Crippen molar-refractivity contribution in [2.24, 2.45) is 0 Å². The Morgan fingerprint density at radius 3 is 2.59 bits per heavy atom. The first-order valence-electron chi connectivity index (χ1n) is 10.7. The number of fused-ring (bicyclic) bond motifs is 1. The second-order valence-electron chi connectivity index (χ2n) is 8.76. The van der Waals surface area contributed by atoms with Crippen LogP contribution in [0.1, 0.15) is 52.6 Å². The van der Waals surface area contributed by atoms with Gasteiger partial charge < -0.3 is 9.88 Å². The highest BCUT2D eigenvalue weighted by molar-refractivity contribution is 6.32. The molecule has 2 aromatic carbocycles. The monoisotopic (exact) mass is 448 g/mol. The van der Waals surface area contributed by atoms with E-state index in [0.29, 0.717) is 22.8 Å². The maximum absolute atomic E-state index is 13.9. The van der Waals surface area contributed by atoms with Crippen molar-refractivity contribution in [3.05, 3.63) is 69.8 Å². The maximum Gasteiger partial charge on any atom is 0.256 e. The average molecular weight is 449 g/mol. The molecule has 164 valence electrons. The Morgan fingerprint density at radius 1 is 1.12 bits per heavy atom. The van der Waals surface area contributed by atoms with Gasteiger partial charge in [-0.05, 0) is 81.5 Å². The fraction of sp³-hybridized carbons (Fsp3) is 0.333. The molecule has 7 nitrogen and oxygen atoms in total. The molecule has 1 aliphatic heterocycles. The third-order valence-electron chi connectivity index (χ3n) is 6.71. The van der Waals surface area contributed by atoms with Crippen molar-refractivity contribution in [3.63, 3.8) is 0 Å². The van der Waals surface area contributed by atoms with Gasteiger partial charge in [-0.15, -0.1) is 0 Å². The van der Waals surface area contributed by atoms with Gasteiger partial charge >= 0.3 is 0 Å². The van der Waals surface area contributed by atoms with Gasteiger partial charge in [0.05, 0.1) is 40.2 Å². The second kappa shape index (κ2) is 7.45. The summed E-state index contributed by atoms with van der Waals surface area (Å²) < 4.78 is 0. The molecular weight excluding hydrogens is 424 g/mol. The number of likely N-dealkylation sites (tertiary alicyclic amines) is 1. The number of nitrogens with zero attached hydrogens (tertiary/aromatic N) is 5. The molecule has 1 N–H and O–H groups in total. The third-order valence-corrected chi connectivity index (χ3v) is 7.12. The fourth-order valence-corrected chi connectivity index (χ4v) is 4.75. The predicted molar refractivity (Wildman–Crippen MR) is 124 cm³/mol. The number of amides is 1. The molecule has 1 amide bonds. The van der Waals surface area contributed by atoms with Crippen LogP contribution in [0, 0.1) is 20.8 Å². The van der Waals surface area contributed by atoms with E-state index < -0.39 is 5.54 Å². The van der Waals surface area contributed by atoms with Crippen molar-refractivity contribution in [3.8, 4) is 5.69 Å². The molecule has 8 heteroatoms. The predicted octanol–water partition coefficient (Wildman–Crippen LogP) is 4.87. The van der Waals surface area contributed by atoms with Gasteiger partial charge in [0.25, 0.3) is 5.91 Å². The summed E-state index contributed by atoms with van der Waals surface area (Å²) in [6.45, 7) is 8.75. The summed E-state index contributed by atoms with van der Waals surface area (Å²) in [5.74, 6) is 0.738. The standard InChI is InChI=1S/C24H25ClN6O/c1-14-12-17(20(13-15(14)2)31-26-9-10-27-31)22(32)30-11-5-8-24(30,4)23-28-19-7-6-18(25)16(3)21(19)29-23/h6-7,9-10,12-13H,5,8,11H2,1-4H3,(H,28,29). The largest absolute Gasteiger partial charge is 0.340 e. The van der Waals surface area contributed by atoms with E-state index in [1.54, 1.807) is 12.4 Å². The number of aryl methyl sites for hydroxylation is 3. The van der Waals surface area contributed by atoms with Crippen molar-refractivity contribution in [1.82, 2.24) is 29.9 Å². The van der Waals surface area contributed by atoms with E-state index in [1.165, 1.54) is 4.80 Å². The maximum atomic E-state index is 13.9. The van der Waals surface area contributed by atoms with E-state index in [9.17, 15) is 4.79 Å². The van der Waals surface area contributed by atoms with Crippen LogP contribution in [0.15, 0.2) is 36.7 Å². The Labute approximate surface area is 191 Å². The van der Waals surface area contributed by atoms with Crippen LogP contribution in [0.3, 0.4) is 0 Å². The van der Waals surface area contributed by atoms with Crippen molar-refractivity contribution in [1.29, 1.82) is 0 Å². The van der Waals surface area contributed by atoms with E-state index >= 15 is 0 Å².